The number of hydrogen-bond acceptors (Lipinski definition) is 15. The molecule has 0 radical (unpaired) electrons. The molecular formula is C20H26N10O7P2S. The lowest BCUT2D eigenvalue weighted by atomic mass is 10.00. The first kappa shape index (κ1) is 27.6. The zero-order valence-corrected chi connectivity index (χ0v) is 23.7. The Morgan fingerprint density at radius 1 is 1.20 bits per heavy atom. The highest BCUT2D eigenvalue weighted by Crippen LogP contribution is 2.40. The van der Waals surface area contributed by atoms with Gasteiger partial charge in [0.1, 0.15) is 18.5 Å². The Morgan fingerprint density at radius 2 is 2.08 bits per heavy atom. The second kappa shape index (κ2) is 11.8. The van der Waals surface area contributed by atoms with E-state index in [2.05, 4.69) is 52.4 Å². The molecule has 0 aromatic carbocycles. The van der Waals surface area contributed by atoms with E-state index >= 15 is 0 Å². The summed E-state index contributed by atoms with van der Waals surface area (Å²) in [6.45, 7) is 0.726. The van der Waals surface area contributed by atoms with Gasteiger partial charge in [-0.2, -0.15) is 10.1 Å². The number of nitrogens with two attached hydrogens (primary N) is 2. The van der Waals surface area contributed by atoms with Crippen molar-refractivity contribution in [3.8, 4) is 0 Å². The SMILES string of the molecule is Nc1nc2c(ncn2[C@@H]2OC(OPOC[C@H]3C[C@H](c4cnc5c(N)ncnn45)O[C@@H]3COP)C[C@H]2OS)c(=O)[nH]1. The van der Waals surface area contributed by atoms with Crippen molar-refractivity contribution in [1.82, 2.24) is 39.1 Å². The fourth-order valence-electron chi connectivity index (χ4n) is 4.89. The number of H-pyrrole nitrogens is 1. The Balaban J connectivity index is 1.06. The quantitative estimate of drug-likeness (QED) is 0.0840. The van der Waals surface area contributed by atoms with E-state index in [1.807, 2.05) is 0 Å². The number of aromatic nitrogens is 8. The van der Waals surface area contributed by atoms with Crippen LogP contribution in [0.5, 0.6) is 0 Å². The Hall–Kier alpha value is -2.53. The van der Waals surface area contributed by atoms with Crippen LogP contribution in [0.25, 0.3) is 16.8 Å². The maximum absolute atomic E-state index is 12.1. The van der Waals surface area contributed by atoms with Crippen LogP contribution in [0.4, 0.5) is 11.8 Å². The minimum atomic E-state index is -0.693. The summed E-state index contributed by atoms with van der Waals surface area (Å²) in [5.41, 5.74) is 12.8. The summed E-state index contributed by atoms with van der Waals surface area (Å²) < 4.78 is 37.8. The van der Waals surface area contributed by atoms with Gasteiger partial charge in [0.05, 0.1) is 37.5 Å². The van der Waals surface area contributed by atoms with Crippen molar-refractivity contribution < 1.29 is 27.2 Å². The molecule has 8 atom stereocenters. The van der Waals surface area contributed by atoms with Gasteiger partial charge in [0, 0.05) is 21.8 Å². The van der Waals surface area contributed by atoms with Crippen molar-refractivity contribution in [2.45, 2.75) is 43.7 Å². The van der Waals surface area contributed by atoms with Crippen LogP contribution in [-0.4, -0.2) is 70.8 Å². The molecular weight excluding hydrogens is 586 g/mol. The Kier molecular flexibility index (Phi) is 8.12. The fourth-order valence-corrected chi connectivity index (χ4v) is 5.88. The average Bonchev–Trinajstić information content (AvgIpc) is 3.71. The van der Waals surface area contributed by atoms with Gasteiger partial charge in [0.2, 0.25) is 5.95 Å². The molecule has 0 aliphatic carbocycles. The first-order valence-electron chi connectivity index (χ1n) is 12.1. The first-order chi connectivity index (χ1) is 19.5. The van der Waals surface area contributed by atoms with Crippen molar-refractivity contribution in [2.75, 3.05) is 24.7 Å². The maximum Gasteiger partial charge on any atom is 0.280 e. The number of nitrogens with one attached hydrogen (secondary N) is 1. The van der Waals surface area contributed by atoms with E-state index in [9.17, 15) is 4.79 Å². The summed E-state index contributed by atoms with van der Waals surface area (Å²) in [5, 5.41) is 4.26. The lowest BCUT2D eigenvalue weighted by Gasteiger charge is -2.19. The maximum atomic E-state index is 12.1. The first-order valence-corrected chi connectivity index (χ1v) is 13.7. The highest BCUT2D eigenvalue weighted by molar-refractivity contribution is 7.75. The number of nitrogens with zero attached hydrogens (tertiary/aromatic N) is 7. The summed E-state index contributed by atoms with van der Waals surface area (Å²) in [6.07, 6.45) is 3.17. The topological polar surface area (TPSA) is 214 Å². The molecule has 6 rings (SSSR count). The van der Waals surface area contributed by atoms with Crippen LogP contribution in [0.2, 0.25) is 0 Å². The van der Waals surface area contributed by atoms with Crippen molar-refractivity contribution in [2.24, 2.45) is 5.92 Å². The van der Waals surface area contributed by atoms with Gasteiger partial charge < -0.3 is 38.7 Å². The monoisotopic (exact) mass is 612 g/mol. The molecule has 2 aliphatic heterocycles. The predicted molar refractivity (Wildman–Crippen MR) is 147 cm³/mol. The van der Waals surface area contributed by atoms with Gasteiger partial charge in [-0.1, -0.05) is 0 Å². The molecule has 0 amide bonds. The van der Waals surface area contributed by atoms with Gasteiger partial charge in [0.15, 0.2) is 44.2 Å². The van der Waals surface area contributed by atoms with Crippen molar-refractivity contribution in [1.29, 1.82) is 0 Å². The third kappa shape index (κ3) is 5.26. The molecule has 4 aromatic rings. The number of thiol groups is 1. The third-order valence-corrected chi connectivity index (χ3v) is 7.87. The van der Waals surface area contributed by atoms with Gasteiger partial charge in [-0.05, 0) is 19.3 Å². The zero-order chi connectivity index (χ0) is 27.8. The van der Waals surface area contributed by atoms with E-state index in [0.29, 0.717) is 37.5 Å². The molecule has 3 unspecified atom stereocenters. The Morgan fingerprint density at radius 3 is 2.90 bits per heavy atom. The number of nitrogen functional groups attached to an aromatic ring is 2. The largest absolute Gasteiger partial charge is 0.381 e. The Bertz CT molecular complexity index is 1560. The smallest absolute Gasteiger partial charge is 0.280 e. The third-order valence-electron chi connectivity index (χ3n) is 6.76. The molecule has 20 heteroatoms. The van der Waals surface area contributed by atoms with Crippen molar-refractivity contribution in [3.05, 3.63) is 34.9 Å². The fraction of sp³-hybridized carbons (Fsp3) is 0.500. The highest BCUT2D eigenvalue weighted by atomic mass is 32.1. The molecule has 40 heavy (non-hydrogen) atoms. The molecule has 0 bridgehead atoms. The number of ether oxygens (including phenoxy) is 2. The van der Waals surface area contributed by atoms with E-state index in [1.54, 1.807) is 15.3 Å². The number of rotatable bonds is 10. The number of anilines is 2. The number of hydrogen-bond donors (Lipinski definition) is 4. The highest BCUT2D eigenvalue weighted by Gasteiger charge is 2.40. The normalized spacial score (nSPS) is 27.1. The predicted octanol–water partition coefficient (Wildman–Crippen LogP) is 0.691. The lowest BCUT2D eigenvalue weighted by molar-refractivity contribution is -0.102. The van der Waals surface area contributed by atoms with E-state index in [0.717, 1.165) is 5.69 Å². The molecule has 17 nitrogen and oxygen atoms in total. The van der Waals surface area contributed by atoms with Crippen LogP contribution in [-0.2, 0) is 27.2 Å². The van der Waals surface area contributed by atoms with Crippen LogP contribution in [0.3, 0.4) is 0 Å². The van der Waals surface area contributed by atoms with Gasteiger partial charge >= 0.3 is 0 Å². The van der Waals surface area contributed by atoms with Gasteiger partial charge in [-0.3, -0.25) is 14.3 Å². The van der Waals surface area contributed by atoms with Crippen LogP contribution >= 0.6 is 31.4 Å². The Labute approximate surface area is 235 Å². The van der Waals surface area contributed by atoms with Crippen LogP contribution < -0.4 is 17.0 Å². The van der Waals surface area contributed by atoms with Crippen molar-refractivity contribution >= 4 is 60.0 Å². The summed E-state index contributed by atoms with van der Waals surface area (Å²) >= 11 is 3.98. The van der Waals surface area contributed by atoms with Gasteiger partial charge in [0.25, 0.3) is 5.56 Å². The number of fused-ring (bicyclic) bond motifs is 2. The number of imidazole rings is 2. The molecule has 2 saturated heterocycles. The minimum absolute atomic E-state index is 0.0177. The summed E-state index contributed by atoms with van der Waals surface area (Å²) in [6, 6.07) is 0. The van der Waals surface area contributed by atoms with E-state index in [-0.39, 0.29) is 44.3 Å². The zero-order valence-electron chi connectivity index (χ0n) is 20.7. The van der Waals surface area contributed by atoms with Crippen LogP contribution in [0.15, 0.2) is 23.6 Å². The summed E-state index contributed by atoms with van der Waals surface area (Å²) in [5.74, 6) is 0.272. The molecule has 214 valence electrons. The molecule has 4 aromatic heterocycles. The van der Waals surface area contributed by atoms with E-state index in [4.69, 9.17) is 38.7 Å². The van der Waals surface area contributed by atoms with Crippen molar-refractivity contribution in [3.63, 3.8) is 0 Å². The number of aromatic amines is 1. The average molecular weight is 613 g/mol. The van der Waals surface area contributed by atoms with Crippen LogP contribution in [0, 0.1) is 5.92 Å². The van der Waals surface area contributed by atoms with E-state index < -0.39 is 24.2 Å². The minimum Gasteiger partial charge on any atom is -0.381 e. The lowest BCUT2D eigenvalue weighted by Crippen LogP contribution is -2.24. The molecule has 5 N–H and O–H groups in total. The van der Waals surface area contributed by atoms with Gasteiger partial charge in [-0.25, -0.2) is 19.5 Å². The standard InChI is InChI=1S/C20H26N10O7P2S/c21-15-17-23-3-9(30(17)26-6-24-15)10-1-8(12(34-10)5-32-38)4-33-39-36-13-2-11(37-40)19(35-13)29-7-25-14-16(29)27-20(22)28-18(14)31/h3,6-8,10-13,19,39-40H,1-2,4-5,38H2,(H2,21,24,26)(H3,22,27,28,31)/t8-,10-,11-,12-,13?,19-/m1/s1. The van der Waals surface area contributed by atoms with Gasteiger partial charge in [-0.15, -0.1) is 0 Å². The summed E-state index contributed by atoms with van der Waals surface area (Å²) in [4.78, 5) is 31.2. The molecule has 0 saturated carbocycles. The van der Waals surface area contributed by atoms with Crippen LogP contribution in [0.1, 0.15) is 30.9 Å². The second-order valence-corrected chi connectivity index (χ2v) is 10.4. The molecule has 2 fully saturated rings. The molecule has 2 aliphatic rings. The second-order valence-electron chi connectivity index (χ2n) is 9.18. The van der Waals surface area contributed by atoms with E-state index in [1.165, 1.54) is 12.7 Å². The molecule has 0 spiro atoms. The summed E-state index contributed by atoms with van der Waals surface area (Å²) in [7, 11) is 1.92. The molecule has 6 heterocycles.